The number of fused-ring (bicyclic) bond motifs is 1. The topological polar surface area (TPSA) is 82.5 Å². The van der Waals surface area contributed by atoms with Crippen molar-refractivity contribution in [1.29, 1.82) is 0 Å². The number of nitrogens with zero attached hydrogens (tertiary/aromatic N) is 3. The Labute approximate surface area is 150 Å². The first-order valence-electron chi connectivity index (χ1n) is 8.58. The minimum atomic E-state index is -0.561. The molecule has 0 aliphatic carbocycles. The molecule has 1 aliphatic rings. The van der Waals surface area contributed by atoms with E-state index in [9.17, 15) is 9.90 Å². The zero-order chi connectivity index (χ0) is 17.9. The van der Waals surface area contributed by atoms with Crippen molar-refractivity contribution >= 4 is 16.7 Å². The Bertz CT molecular complexity index is 919. The van der Waals surface area contributed by atoms with Crippen molar-refractivity contribution in [2.45, 2.75) is 19.1 Å². The highest BCUT2D eigenvalue weighted by Crippen LogP contribution is 2.21. The molecular formula is C19H19N3O4. The zero-order valence-electron chi connectivity index (χ0n) is 14.2. The number of morpholine rings is 1. The molecule has 134 valence electrons. The molecule has 0 saturated carbocycles. The fourth-order valence-electron chi connectivity index (χ4n) is 3.36. The molecule has 0 radical (unpaired) electrons. The molecule has 1 aliphatic heterocycles. The molecule has 1 amide bonds. The number of hydrogen-bond donors (Lipinski definition) is 0. The first kappa shape index (κ1) is 16.5. The van der Waals surface area contributed by atoms with Crippen LogP contribution in [-0.4, -0.2) is 41.9 Å². The fourth-order valence-corrected chi connectivity index (χ4v) is 3.36. The van der Waals surface area contributed by atoms with Gasteiger partial charge in [0.15, 0.2) is 0 Å². The van der Waals surface area contributed by atoms with Crippen LogP contribution >= 0.6 is 0 Å². The SMILES string of the molecule is O=C(C[n+]1cc([O-])on1)N1CCOC(Cc2cccc3ccccc23)C1. The Morgan fingerprint density at radius 1 is 1.27 bits per heavy atom. The monoisotopic (exact) mass is 353 g/mol. The molecule has 26 heavy (non-hydrogen) atoms. The van der Waals surface area contributed by atoms with E-state index in [-0.39, 0.29) is 18.6 Å². The first-order chi connectivity index (χ1) is 12.7. The highest BCUT2D eigenvalue weighted by Gasteiger charge is 2.27. The van der Waals surface area contributed by atoms with Crippen molar-refractivity contribution in [1.82, 2.24) is 10.2 Å². The lowest BCUT2D eigenvalue weighted by atomic mass is 9.99. The standard InChI is InChI=1S/C19H19N3O4/c23-18(12-22-13-19(24)26-20-22)21-8-9-25-16(11-21)10-15-6-3-5-14-4-1-2-7-17(14)15/h1-7,13,16H,8-12H2. The van der Waals surface area contributed by atoms with Gasteiger partial charge in [-0.3, -0.25) is 4.79 Å². The second-order valence-electron chi connectivity index (χ2n) is 6.39. The summed E-state index contributed by atoms with van der Waals surface area (Å²) in [6.07, 6.45) is 1.86. The van der Waals surface area contributed by atoms with E-state index >= 15 is 0 Å². The van der Waals surface area contributed by atoms with Crippen molar-refractivity contribution in [3.8, 4) is 5.95 Å². The van der Waals surface area contributed by atoms with Crippen molar-refractivity contribution in [3.63, 3.8) is 0 Å². The molecule has 1 saturated heterocycles. The predicted molar refractivity (Wildman–Crippen MR) is 90.1 cm³/mol. The van der Waals surface area contributed by atoms with E-state index in [1.165, 1.54) is 27.2 Å². The van der Waals surface area contributed by atoms with E-state index in [1.54, 1.807) is 4.90 Å². The quantitative estimate of drug-likeness (QED) is 0.644. The maximum atomic E-state index is 12.5. The third kappa shape index (κ3) is 3.52. The van der Waals surface area contributed by atoms with Gasteiger partial charge in [0.2, 0.25) is 6.20 Å². The van der Waals surface area contributed by atoms with Crippen LogP contribution in [-0.2, 0) is 22.5 Å². The van der Waals surface area contributed by atoms with Crippen LogP contribution in [0.4, 0.5) is 0 Å². The van der Waals surface area contributed by atoms with E-state index in [2.05, 4.69) is 34.1 Å². The molecule has 1 atom stereocenters. The van der Waals surface area contributed by atoms with Crippen LogP contribution in [0.25, 0.3) is 10.8 Å². The summed E-state index contributed by atoms with van der Waals surface area (Å²) in [6.45, 7) is 1.54. The molecule has 1 unspecified atom stereocenters. The number of rotatable bonds is 4. The van der Waals surface area contributed by atoms with Gasteiger partial charge in [-0.2, -0.15) is 0 Å². The smallest absolute Gasteiger partial charge is 0.291 e. The van der Waals surface area contributed by atoms with Crippen molar-refractivity contribution < 1.29 is 23.8 Å². The molecule has 1 fully saturated rings. The van der Waals surface area contributed by atoms with E-state index in [0.717, 1.165) is 6.42 Å². The molecule has 0 spiro atoms. The largest absolute Gasteiger partial charge is 0.539 e. The molecule has 0 N–H and O–H groups in total. The lowest BCUT2D eigenvalue weighted by molar-refractivity contribution is -0.751. The Hall–Kier alpha value is -2.93. The normalized spacial score (nSPS) is 17.5. The fraction of sp³-hybridized carbons (Fsp3) is 0.316. The van der Waals surface area contributed by atoms with Crippen LogP contribution in [0, 0.1) is 0 Å². The second kappa shape index (κ2) is 7.13. The Kier molecular flexibility index (Phi) is 4.53. The van der Waals surface area contributed by atoms with Crippen molar-refractivity contribution in [3.05, 3.63) is 54.2 Å². The predicted octanol–water partition coefficient (Wildman–Crippen LogP) is 0.659. The summed E-state index contributed by atoms with van der Waals surface area (Å²) in [6, 6.07) is 14.5. The third-order valence-corrected chi connectivity index (χ3v) is 4.61. The van der Waals surface area contributed by atoms with Crippen LogP contribution in [0.1, 0.15) is 5.56 Å². The summed E-state index contributed by atoms with van der Waals surface area (Å²) in [5.74, 6) is -0.664. The van der Waals surface area contributed by atoms with Crippen LogP contribution in [0.15, 0.2) is 53.2 Å². The van der Waals surface area contributed by atoms with Gasteiger partial charge in [0.25, 0.3) is 12.5 Å². The third-order valence-electron chi connectivity index (χ3n) is 4.61. The molecular weight excluding hydrogens is 334 g/mol. The number of carbonyl (C=O) groups excluding carboxylic acids is 1. The highest BCUT2D eigenvalue weighted by molar-refractivity contribution is 5.85. The Morgan fingerprint density at radius 3 is 2.96 bits per heavy atom. The number of ether oxygens (including phenoxy) is 1. The van der Waals surface area contributed by atoms with E-state index in [4.69, 9.17) is 4.74 Å². The van der Waals surface area contributed by atoms with E-state index < -0.39 is 5.95 Å². The van der Waals surface area contributed by atoms with E-state index in [0.29, 0.717) is 19.7 Å². The highest BCUT2D eigenvalue weighted by atomic mass is 16.6. The van der Waals surface area contributed by atoms with E-state index in [1.807, 2.05) is 18.2 Å². The number of hydrogen-bond acceptors (Lipinski definition) is 5. The minimum Gasteiger partial charge on any atom is -0.539 e. The lowest BCUT2D eigenvalue weighted by Crippen LogP contribution is -2.51. The van der Waals surface area contributed by atoms with Crippen LogP contribution < -0.4 is 9.79 Å². The Morgan fingerprint density at radius 2 is 2.12 bits per heavy atom. The van der Waals surface area contributed by atoms with Gasteiger partial charge in [-0.25, -0.2) is 0 Å². The van der Waals surface area contributed by atoms with Gasteiger partial charge in [-0.05, 0) is 16.3 Å². The average molecular weight is 353 g/mol. The average Bonchev–Trinajstić information content (AvgIpc) is 3.07. The van der Waals surface area contributed by atoms with Gasteiger partial charge >= 0.3 is 0 Å². The van der Waals surface area contributed by atoms with Gasteiger partial charge < -0.3 is 19.3 Å². The van der Waals surface area contributed by atoms with Crippen LogP contribution in [0.5, 0.6) is 5.95 Å². The molecule has 7 heteroatoms. The summed E-state index contributed by atoms with van der Waals surface area (Å²) in [7, 11) is 0. The summed E-state index contributed by atoms with van der Waals surface area (Å²) in [5, 5.41) is 16.9. The summed E-state index contributed by atoms with van der Waals surface area (Å²) >= 11 is 0. The van der Waals surface area contributed by atoms with Gasteiger partial charge in [-0.15, -0.1) is 0 Å². The number of aromatic nitrogens is 2. The van der Waals surface area contributed by atoms with Gasteiger partial charge in [0.05, 0.1) is 18.0 Å². The summed E-state index contributed by atoms with van der Waals surface area (Å²) in [4.78, 5) is 14.2. The lowest BCUT2D eigenvalue weighted by Gasteiger charge is -2.32. The van der Waals surface area contributed by atoms with Gasteiger partial charge in [0.1, 0.15) is 5.95 Å². The second-order valence-corrected chi connectivity index (χ2v) is 6.39. The van der Waals surface area contributed by atoms with Crippen molar-refractivity contribution in [2.24, 2.45) is 0 Å². The molecule has 7 nitrogen and oxygen atoms in total. The summed E-state index contributed by atoms with van der Waals surface area (Å²) < 4.78 is 11.6. The van der Waals surface area contributed by atoms with Crippen LogP contribution in [0.3, 0.4) is 0 Å². The molecule has 1 aromatic heterocycles. The maximum Gasteiger partial charge on any atom is 0.291 e. The molecule has 4 rings (SSSR count). The molecule has 2 heterocycles. The number of carbonyl (C=O) groups is 1. The Balaban J connectivity index is 1.44. The molecule has 2 aromatic carbocycles. The summed E-state index contributed by atoms with van der Waals surface area (Å²) in [5.41, 5.74) is 1.21. The van der Waals surface area contributed by atoms with Crippen LogP contribution in [0.2, 0.25) is 0 Å². The minimum absolute atomic E-state index is 0.00721. The molecule has 0 bridgehead atoms. The first-order valence-corrected chi connectivity index (χ1v) is 8.58. The van der Waals surface area contributed by atoms with Gasteiger partial charge in [-0.1, -0.05) is 47.1 Å². The van der Waals surface area contributed by atoms with Crippen molar-refractivity contribution in [2.75, 3.05) is 19.7 Å². The maximum absolute atomic E-state index is 12.5. The number of benzene rings is 2. The number of amides is 1. The van der Waals surface area contributed by atoms with Gasteiger partial charge in [0, 0.05) is 19.5 Å². The zero-order valence-corrected chi connectivity index (χ0v) is 14.2. The molecule has 3 aromatic rings.